The van der Waals surface area contributed by atoms with Crippen LogP contribution in [0, 0.1) is 13.8 Å². The van der Waals surface area contributed by atoms with Crippen LogP contribution in [0.2, 0.25) is 10.3 Å². The number of halogens is 2. The number of ketones is 1. The smallest absolute Gasteiger partial charge is 1.00 e. The molecule has 0 aliphatic carbocycles. The van der Waals surface area contributed by atoms with Gasteiger partial charge in [0.15, 0.2) is 5.78 Å². The maximum absolute atomic E-state index is 10.7. The molecule has 0 amide bonds. The Morgan fingerprint density at radius 2 is 1.15 bits per heavy atom. The number of hydrogen-bond donors (Lipinski definition) is 2. The summed E-state index contributed by atoms with van der Waals surface area (Å²) in [5, 5.41) is 18.0. The third kappa shape index (κ3) is 18.7. The van der Waals surface area contributed by atoms with E-state index in [1.54, 1.807) is 42.7 Å². The number of carbonyl (C=O) groups is 1. The molecule has 4 aromatic rings. The van der Waals surface area contributed by atoms with Crippen LogP contribution in [-0.2, 0) is 19.6 Å². The Labute approximate surface area is 263 Å². The van der Waals surface area contributed by atoms with Gasteiger partial charge in [0.05, 0.1) is 13.2 Å². The van der Waals surface area contributed by atoms with Gasteiger partial charge in [0.25, 0.3) is 0 Å². The average Bonchev–Trinajstić information content (AvgIpc) is 2.89. The van der Waals surface area contributed by atoms with E-state index >= 15 is 0 Å². The van der Waals surface area contributed by atoms with Gasteiger partial charge in [0, 0.05) is 50.2 Å². The minimum absolute atomic E-state index is 0. The van der Waals surface area contributed by atoms with Crippen molar-refractivity contribution in [1.29, 1.82) is 0 Å². The Hall–Kier alpha value is -2.57. The Balaban J connectivity index is -0.000000216. The quantitative estimate of drug-likeness (QED) is 0.217. The van der Waals surface area contributed by atoms with E-state index in [0.29, 0.717) is 15.9 Å². The van der Waals surface area contributed by atoms with Crippen LogP contribution in [0.4, 0.5) is 0 Å². The zero-order valence-corrected chi connectivity index (χ0v) is 24.5. The summed E-state index contributed by atoms with van der Waals surface area (Å²) in [6, 6.07) is 14.3. The fraction of sp³-hybridized carbons (Fsp3) is 0.276. The molecule has 209 valence electrons. The maximum atomic E-state index is 10.7. The fourth-order valence-corrected chi connectivity index (χ4v) is 3.06. The first-order valence-electron chi connectivity index (χ1n) is 11.5. The zero-order chi connectivity index (χ0) is 27.6. The van der Waals surface area contributed by atoms with Crippen LogP contribution in [0.15, 0.2) is 73.3 Å². The summed E-state index contributed by atoms with van der Waals surface area (Å²) in [6.45, 7) is 7.67. The summed E-state index contributed by atoms with van der Waals surface area (Å²) in [5.41, 5.74) is 5.72. The summed E-state index contributed by atoms with van der Waals surface area (Å²) < 4.78 is 0. The van der Waals surface area contributed by atoms with Crippen molar-refractivity contribution >= 4 is 37.4 Å². The van der Waals surface area contributed by atoms with E-state index in [4.69, 9.17) is 33.4 Å². The molecule has 0 aliphatic rings. The Morgan fingerprint density at radius 3 is 1.45 bits per heavy atom. The van der Waals surface area contributed by atoms with E-state index < -0.39 is 0 Å². The van der Waals surface area contributed by atoms with E-state index in [2.05, 4.69) is 32.9 Å². The van der Waals surface area contributed by atoms with Crippen LogP contribution in [0.3, 0.4) is 0 Å². The molecular formula is C29H37BCl2LiN4O3. The number of aliphatic hydroxyl groups is 2. The summed E-state index contributed by atoms with van der Waals surface area (Å²) in [7, 11) is 0. The number of Topliss-reactive ketones (excluding diaryl/α,β-unsaturated/α-hetero) is 1. The third-order valence-electron chi connectivity index (χ3n) is 4.62. The van der Waals surface area contributed by atoms with Crippen molar-refractivity contribution < 1.29 is 35.3 Å². The number of aryl methyl sites for hydroxylation is 3. The minimum atomic E-state index is 0. The predicted octanol–water partition coefficient (Wildman–Crippen LogP) is 3.37. The number of hydrogen-bond acceptors (Lipinski definition) is 7. The molecule has 11 heteroatoms. The van der Waals surface area contributed by atoms with Gasteiger partial charge >= 0.3 is 18.9 Å². The van der Waals surface area contributed by atoms with Crippen molar-refractivity contribution in [2.75, 3.05) is 0 Å². The molecule has 40 heavy (non-hydrogen) atoms. The van der Waals surface area contributed by atoms with Crippen molar-refractivity contribution in [3.05, 3.63) is 117 Å². The zero-order valence-electron chi connectivity index (χ0n) is 24.0. The monoisotopic (exact) mass is 577 g/mol. The Kier molecular flexibility index (Phi) is 25.4. The number of carbonyl (C=O) groups excluding carboxylic acids is 1. The van der Waals surface area contributed by atoms with Crippen LogP contribution in [0.25, 0.3) is 0 Å². The van der Waals surface area contributed by atoms with Gasteiger partial charge in [-0.05, 0) is 92.4 Å². The third-order valence-corrected chi connectivity index (χ3v) is 5.03. The molecule has 4 rings (SSSR count). The van der Waals surface area contributed by atoms with Crippen molar-refractivity contribution in [3.63, 3.8) is 0 Å². The van der Waals surface area contributed by atoms with E-state index in [0.717, 1.165) is 28.9 Å². The maximum Gasteiger partial charge on any atom is 1.00 e. The van der Waals surface area contributed by atoms with Gasteiger partial charge in [-0.15, -0.1) is 0 Å². The van der Waals surface area contributed by atoms with Crippen LogP contribution in [-0.4, -0.2) is 44.3 Å². The number of aromatic nitrogens is 4. The van der Waals surface area contributed by atoms with Crippen LogP contribution < -0.4 is 18.9 Å². The molecule has 0 fully saturated rings. The summed E-state index contributed by atoms with van der Waals surface area (Å²) in [4.78, 5) is 26.3. The molecule has 3 radical (unpaired) electrons. The largest absolute Gasteiger partial charge is 1.00 e. The van der Waals surface area contributed by atoms with Gasteiger partial charge in [-0.1, -0.05) is 37.6 Å². The molecule has 2 N–H and O–H groups in total. The first kappa shape index (κ1) is 41.9. The molecule has 0 unspecified atom stereocenters. The first-order valence-corrected chi connectivity index (χ1v) is 12.2. The van der Waals surface area contributed by atoms with Crippen LogP contribution in [0.1, 0.15) is 61.1 Å². The number of nitrogens with zero attached hydrogens (tertiary/aromatic N) is 4. The normalized spacial score (nSPS) is 8.80. The van der Waals surface area contributed by atoms with Crippen molar-refractivity contribution in [3.8, 4) is 0 Å². The molecule has 0 aromatic carbocycles. The SMILES string of the molecule is C.CC(=O)c1ccnc(Cl)c1.CCc1ccnc(C)c1.Cc1cc(CO)ccn1.OCc1ccnc(Cl)c1.[B].[H-].[Li+]. The van der Waals surface area contributed by atoms with Crippen LogP contribution >= 0.6 is 23.2 Å². The topological polar surface area (TPSA) is 109 Å². The molecule has 0 aliphatic heterocycles. The van der Waals surface area contributed by atoms with Gasteiger partial charge < -0.3 is 11.6 Å². The van der Waals surface area contributed by atoms with Crippen molar-refractivity contribution in [2.24, 2.45) is 0 Å². The molecule has 4 heterocycles. The molecule has 7 nitrogen and oxygen atoms in total. The molecule has 0 atom stereocenters. The number of rotatable bonds is 4. The van der Waals surface area contributed by atoms with Gasteiger partial charge in [-0.2, -0.15) is 0 Å². The van der Waals surface area contributed by atoms with E-state index in [9.17, 15) is 4.79 Å². The van der Waals surface area contributed by atoms with Gasteiger partial charge in [-0.25, -0.2) is 9.97 Å². The van der Waals surface area contributed by atoms with E-state index in [-0.39, 0.29) is 55.1 Å². The second-order valence-corrected chi connectivity index (χ2v) is 8.47. The molecule has 0 bridgehead atoms. The predicted molar refractivity (Wildman–Crippen MR) is 161 cm³/mol. The standard InChI is InChI=1S/C8H11N.C7H6ClNO.C7H9NO.C6H6ClNO.CH4.B.Li.H/c1-3-8-4-5-9-7(2)6-8;1-5(10)6-2-3-9-7(8)4-6;1-6-4-7(5-9)2-3-8-6;7-6-3-5(4-9)1-2-8-6;;;;/h4-6H,3H2,1-2H3;2-4H,1H3;2-4,9H,5H2,1H3;1-3,9H,4H2;1H4;;;/q;;;;;;+1;-1. The van der Waals surface area contributed by atoms with Crippen LogP contribution in [0.5, 0.6) is 0 Å². The van der Waals surface area contributed by atoms with Gasteiger partial charge in [0.1, 0.15) is 10.3 Å². The second kappa shape index (κ2) is 24.2. The Bertz CT molecular complexity index is 1150. The van der Waals surface area contributed by atoms with E-state index in [1.807, 2.05) is 32.2 Å². The second-order valence-electron chi connectivity index (χ2n) is 7.69. The molecular weight excluding hydrogens is 541 g/mol. The molecule has 0 saturated carbocycles. The molecule has 0 spiro atoms. The minimum Gasteiger partial charge on any atom is -1.00 e. The van der Waals surface area contributed by atoms with E-state index in [1.165, 1.54) is 18.7 Å². The van der Waals surface area contributed by atoms with Crippen molar-refractivity contribution in [1.82, 2.24) is 19.9 Å². The number of aliphatic hydroxyl groups excluding tert-OH is 2. The summed E-state index contributed by atoms with van der Waals surface area (Å²) >= 11 is 11.0. The molecule has 0 saturated heterocycles. The fourth-order valence-electron chi connectivity index (χ4n) is 2.69. The Morgan fingerprint density at radius 1 is 0.750 bits per heavy atom. The van der Waals surface area contributed by atoms with Gasteiger partial charge in [-0.3, -0.25) is 14.8 Å². The van der Waals surface area contributed by atoms with Crippen molar-refractivity contribution in [2.45, 2.75) is 54.8 Å². The molecule has 4 aromatic heterocycles. The van der Waals surface area contributed by atoms with Gasteiger partial charge in [0.2, 0.25) is 0 Å². The summed E-state index contributed by atoms with van der Waals surface area (Å²) in [6.07, 6.45) is 7.73. The number of pyridine rings is 4. The summed E-state index contributed by atoms with van der Waals surface area (Å²) in [5.74, 6) is 0.00398. The average molecular weight is 578 g/mol. The first-order chi connectivity index (χ1) is 17.7.